The largest absolute Gasteiger partial charge is 0.491 e. The number of fused-ring (bicyclic) bond motifs is 1. The highest BCUT2D eigenvalue weighted by atomic mass is 32.1. The standard InChI is InChI=1S/C13H14N2O3S/c1-5-18-8(4)11-14-12(17)9-6(2)10(7(3)16)19-13(9)15-11/h4-5H2,1-3H3,(H,14,15,17). The SMILES string of the molecule is C=C(OCC)c1nc2sc(C(C)=O)c(C)c2c(=O)[nH]1. The number of aromatic amines is 1. The van der Waals surface area contributed by atoms with Gasteiger partial charge >= 0.3 is 0 Å². The number of H-pyrrole nitrogens is 1. The smallest absolute Gasteiger partial charge is 0.260 e. The predicted octanol–water partition coefficient (Wildman–Crippen LogP) is 2.50. The molecule has 0 saturated carbocycles. The maximum Gasteiger partial charge on any atom is 0.260 e. The van der Waals surface area contributed by atoms with Crippen molar-refractivity contribution in [2.75, 3.05) is 6.61 Å². The van der Waals surface area contributed by atoms with Crippen LogP contribution in [0.5, 0.6) is 0 Å². The Balaban J connectivity index is 2.68. The fourth-order valence-corrected chi connectivity index (χ4v) is 2.93. The summed E-state index contributed by atoms with van der Waals surface area (Å²) in [6.07, 6.45) is 0. The van der Waals surface area contributed by atoms with Gasteiger partial charge in [-0.05, 0) is 26.3 Å². The highest BCUT2D eigenvalue weighted by Gasteiger charge is 2.17. The Morgan fingerprint density at radius 1 is 1.53 bits per heavy atom. The summed E-state index contributed by atoms with van der Waals surface area (Å²) in [6, 6.07) is 0. The van der Waals surface area contributed by atoms with Gasteiger partial charge in [0.15, 0.2) is 17.4 Å². The number of aromatic nitrogens is 2. The van der Waals surface area contributed by atoms with Crippen LogP contribution in [0.4, 0.5) is 0 Å². The van der Waals surface area contributed by atoms with E-state index in [-0.39, 0.29) is 11.3 Å². The first-order chi connectivity index (χ1) is 8.95. The number of aryl methyl sites for hydroxylation is 1. The summed E-state index contributed by atoms with van der Waals surface area (Å²) < 4.78 is 5.23. The number of ketones is 1. The highest BCUT2D eigenvalue weighted by molar-refractivity contribution is 7.20. The van der Waals surface area contributed by atoms with Gasteiger partial charge in [-0.1, -0.05) is 6.58 Å². The van der Waals surface area contributed by atoms with Crippen molar-refractivity contribution in [2.45, 2.75) is 20.8 Å². The molecule has 0 fully saturated rings. The lowest BCUT2D eigenvalue weighted by molar-refractivity contribution is 0.102. The van der Waals surface area contributed by atoms with Crippen molar-refractivity contribution in [1.82, 2.24) is 9.97 Å². The number of nitrogens with one attached hydrogen (secondary N) is 1. The van der Waals surface area contributed by atoms with Gasteiger partial charge in [-0.3, -0.25) is 9.59 Å². The van der Waals surface area contributed by atoms with Gasteiger partial charge in [0, 0.05) is 0 Å². The molecule has 19 heavy (non-hydrogen) atoms. The van der Waals surface area contributed by atoms with E-state index in [1.54, 1.807) is 6.92 Å². The molecule has 2 heterocycles. The molecule has 2 rings (SSSR count). The first-order valence-corrected chi connectivity index (χ1v) is 6.63. The molecule has 0 aromatic carbocycles. The molecular weight excluding hydrogens is 264 g/mol. The van der Waals surface area contributed by atoms with Gasteiger partial charge in [0.25, 0.3) is 5.56 Å². The number of carbonyl (C=O) groups is 1. The molecule has 0 aliphatic carbocycles. The quantitative estimate of drug-likeness (QED) is 0.689. The third-order valence-corrected chi connectivity index (χ3v) is 3.99. The molecule has 100 valence electrons. The molecule has 0 radical (unpaired) electrons. The average molecular weight is 278 g/mol. The van der Waals surface area contributed by atoms with E-state index >= 15 is 0 Å². The van der Waals surface area contributed by atoms with Crippen molar-refractivity contribution in [3.63, 3.8) is 0 Å². The number of hydrogen-bond acceptors (Lipinski definition) is 5. The van der Waals surface area contributed by atoms with Crippen LogP contribution in [0.15, 0.2) is 11.4 Å². The Bertz CT molecular complexity index is 727. The van der Waals surface area contributed by atoms with Crippen LogP contribution in [-0.4, -0.2) is 22.4 Å². The third kappa shape index (κ3) is 2.31. The number of Topliss-reactive ketones (excluding diaryl/α,β-unsaturated/α-hetero) is 1. The summed E-state index contributed by atoms with van der Waals surface area (Å²) in [5.74, 6) is 0.553. The van der Waals surface area contributed by atoms with Crippen molar-refractivity contribution >= 4 is 33.1 Å². The number of thiophene rings is 1. The zero-order chi connectivity index (χ0) is 14.2. The lowest BCUT2D eigenvalue weighted by Gasteiger charge is -2.05. The summed E-state index contributed by atoms with van der Waals surface area (Å²) in [4.78, 5) is 31.6. The first-order valence-electron chi connectivity index (χ1n) is 5.82. The number of carbonyl (C=O) groups excluding carboxylic acids is 1. The molecule has 5 nitrogen and oxygen atoms in total. The Labute approximate surface area is 113 Å². The second kappa shape index (κ2) is 4.97. The van der Waals surface area contributed by atoms with Crippen LogP contribution < -0.4 is 5.56 Å². The lowest BCUT2D eigenvalue weighted by atomic mass is 10.2. The Kier molecular flexibility index (Phi) is 3.53. The number of nitrogens with zero attached hydrogens (tertiary/aromatic N) is 1. The highest BCUT2D eigenvalue weighted by Crippen LogP contribution is 2.27. The van der Waals surface area contributed by atoms with Gasteiger partial charge in [-0.25, -0.2) is 4.98 Å². The van der Waals surface area contributed by atoms with Crippen LogP contribution in [0, 0.1) is 6.92 Å². The van der Waals surface area contributed by atoms with Crippen LogP contribution in [0.3, 0.4) is 0 Å². The molecule has 6 heteroatoms. The van der Waals surface area contributed by atoms with Gasteiger partial charge in [-0.15, -0.1) is 11.3 Å². The van der Waals surface area contributed by atoms with E-state index in [2.05, 4.69) is 16.5 Å². The van der Waals surface area contributed by atoms with Crippen molar-refractivity contribution in [3.05, 3.63) is 33.2 Å². The normalized spacial score (nSPS) is 10.7. The molecule has 1 N–H and O–H groups in total. The maximum atomic E-state index is 12.1. The van der Waals surface area contributed by atoms with Crippen molar-refractivity contribution in [2.24, 2.45) is 0 Å². The summed E-state index contributed by atoms with van der Waals surface area (Å²) in [6.45, 7) is 9.21. The van der Waals surface area contributed by atoms with E-state index in [4.69, 9.17) is 4.74 Å². The summed E-state index contributed by atoms with van der Waals surface area (Å²) in [5.41, 5.74) is 0.400. The molecule has 2 aromatic rings. The maximum absolute atomic E-state index is 12.1. The fourth-order valence-electron chi connectivity index (χ4n) is 1.85. The molecular formula is C13H14N2O3S. The predicted molar refractivity (Wildman–Crippen MR) is 75.6 cm³/mol. The average Bonchev–Trinajstić information content (AvgIpc) is 2.67. The molecule has 0 amide bonds. The van der Waals surface area contributed by atoms with Crippen LogP contribution in [0.1, 0.15) is 34.9 Å². The minimum Gasteiger partial charge on any atom is -0.491 e. The Morgan fingerprint density at radius 3 is 2.79 bits per heavy atom. The van der Waals surface area contributed by atoms with Crippen LogP contribution in [0.25, 0.3) is 16.0 Å². The summed E-state index contributed by atoms with van der Waals surface area (Å²) >= 11 is 1.22. The topological polar surface area (TPSA) is 72.0 Å². The molecule has 0 bridgehead atoms. The van der Waals surface area contributed by atoms with Crippen LogP contribution >= 0.6 is 11.3 Å². The number of ether oxygens (including phenoxy) is 1. The Hall–Kier alpha value is -1.95. The van der Waals surface area contributed by atoms with Gasteiger partial charge in [0.1, 0.15) is 4.83 Å². The van der Waals surface area contributed by atoms with Gasteiger partial charge in [-0.2, -0.15) is 0 Å². The number of hydrogen-bond donors (Lipinski definition) is 1. The first kappa shape index (κ1) is 13.5. The van der Waals surface area contributed by atoms with Crippen molar-refractivity contribution in [3.8, 4) is 0 Å². The molecule has 0 aliphatic heterocycles. The van der Waals surface area contributed by atoms with Crippen molar-refractivity contribution in [1.29, 1.82) is 0 Å². The molecule has 2 aromatic heterocycles. The van der Waals surface area contributed by atoms with E-state index in [1.807, 2.05) is 6.92 Å². The second-order valence-electron chi connectivity index (χ2n) is 4.06. The number of rotatable bonds is 4. The molecule has 0 unspecified atom stereocenters. The second-order valence-corrected chi connectivity index (χ2v) is 5.06. The van der Waals surface area contributed by atoms with Gasteiger partial charge < -0.3 is 9.72 Å². The van der Waals surface area contributed by atoms with E-state index in [0.29, 0.717) is 38.8 Å². The molecule has 0 atom stereocenters. The van der Waals surface area contributed by atoms with E-state index in [0.717, 1.165) is 0 Å². The Morgan fingerprint density at radius 2 is 2.21 bits per heavy atom. The monoisotopic (exact) mass is 278 g/mol. The summed E-state index contributed by atoms with van der Waals surface area (Å²) in [7, 11) is 0. The van der Waals surface area contributed by atoms with E-state index in [9.17, 15) is 9.59 Å². The zero-order valence-corrected chi connectivity index (χ0v) is 11.8. The fraction of sp³-hybridized carbons (Fsp3) is 0.308. The van der Waals surface area contributed by atoms with Crippen molar-refractivity contribution < 1.29 is 9.53 Å². The minimum absolute atomic E-state index is 0.0647. The minimum atomic E-state index is -0.276. The van der Waals surface area contributed by atoms with Crippen LogP contribution in [0.2, 0.25) is 0 Å². The summed E-state index contributed by atoms with van der Waals surface area (Å²) in [5, 5.41) is 0.461. The van der Waals surface area contributed by atoms with E-state index < -0.39 is 0 Å². The lowest BCUT2D eigenvalue weighted by Crippen LogP contribution is -2.11. The van der Waals surface area contributed by atoms with E-state index in [1.165, 1.54) is 18.3 Å². The zero-order valence-electron chi connectivity index (χ0n) is 11.0. The third-order valence-electron chi connectivity index (χ3n) is 2.70. The molecule has 0 saturated heterocycles. The molecule has 0 aliphatic rings. The van der Waals surface area contributed by atoms with Gasteiger partial charge in [0.2, 0.25) is 0 Å². The molecule has 0 spiro atoms. The van der Waals surface area contributed by atoms with Gasteiger partial charge in [0.05, 0.1) is 16.9 Å². The van der Waals surface area contributed by atoms with Crippen LogP contribution in [-0.2, 0) is 4.74 Å².